The Morgan fingerprint density at radius 2 is 2.00 bits per heavy atom. The van der Waals surface area contributed by atoms with E-state index < -0.39 is 0 Å². The Morgan fingerprint density at radius 1 is 1.05 bits per heavy atom. The van der Waals surface area contributed by atoms with E-state index in [1.807, 2.05) is 0 Å². The molecule has 0 saturated heterocycles. The topological polar surface area (TPSA) is 12.0 Å². The van der Waals surface area contributed by atoms with Crippen LogP contribution in [0.3, 0.4) is 0 Å². The molecule has 4 rings (SSSR count). The molecule has 19 heavy (non-hydrogen) atoms. The van der Waals surface area contributed by atoms with Gasteiger partial charge in [-0.15, -0.1) is 0 Å². The summed E-state index contributed by atoms with van der Waals surface area (Å²) in [4.78, 5) is 0. The number of rotatable bonds is 5. The average Bonchev–Trinajstić information content (AvgIpc) is 3.09. The van der Waals surface area contributed by atoms with E-state index in [1.165, 1.54) is 50.6 Å². The lowest BCUT2D eigenvalue weighted by molar-refractivity contribution is 0.318. The predicted octanol–water partition coefficient (Wildman–Crippen LogP) is 4.09. The minimum Gasteiger partial charge on any atom is -0.312 e. The Kier molecular flexibility index (Phi) is 3.11. The molecule has 3 fully saturated rings. The zero-order valence-corrected chi connectivity index (χ0v) is 11.8. The summed E-state index contributed by atoms with van der Waals surface area (Å²) in [5.41, 5.74) is 3.05. The van der Waals surface area contributed by atoms with E-state index in [0.717, 1.165) is 30.2 Å². The molecule has 0 spiro atoms. The molecule has 0 heterocycles. The lowest BCUT2D eigenvalue weighted by Crippen LogP contribution is -2.26. The number of benzene rings is 1. The van der Waals surface area contributed by atoms with Crippen LogP contribution in [0.15, 0.2) is 24.3 Å². The van der Waals surface area contributed by atoms with Crippen molar-refractivity contribution in [3.05, 3.63) is 35.4 Å². The molecular formula is C18H25N. The van der Waals surface area contributed by atoms with Crippen LogP contribution in [0.4, 0.5) is 0 Å². The van der Waals surface area contributed by atoms with Gasteiger partial charge in [0, 0.05) is 6.54 Å². The number of fused-ring (bicyclic) bond motifs is 2. The molecule has 1 heteroatoms. The quantitative estimate of drug-likeness (QED) is 0.835. The van der Waals surface area contributed by atoms with Gasteiger partial charge in [-0.2, -0.15) is 0 Å². The molecule has 0 amide bonds. The van der Waals surface area contributed by atoms with Crippen LogP contribution in [-0.4, -0.2) is 6.54 Å². The monoisotopic (exact) mass is 255 g/mol. The van der Waals surface area contributed by atoms with E-state index in [-0.39, 0.29) is 0 Å². The molecule has 3 atom stereocenters. The SMILES string of the molecule is c1cc(CNCC2CC3CCC2C3)cc(C2CC2)c1. The van der Waals surface area contributed by atoms with Crippen LogP contribution in [0.5, 0.6) is 0 Å². The van der Waals surface area contributed by atoms with Gasteiger partial charge >= 0.3 is 0 Å². The van der Waals surface area contributed by atoms with Gasteiger partial charge < -0.3 is 5.32 Å². The summed E-state index contributed by atoms with van der Waals surface area (Å²) >= 11 is 0. The van der Waals surface area contributed by atoms with Crippen LogP contribution in [0.1, 0.15) is 55.6 Å². The molecule has 1 N–H and O–H groups in total. The van der Waals surface area contributed by atoms with Crippen molar-refractivity contribution in [1.82, 2.24) is 5.32 Å². The van der Waals surface area contributed by atoms with Crippen LogP contribution in [0.2, 0.25) is 0 Å². The largest absolute Gasteiger partial charge is 0.312 e. The first kappa shape index (κ1) is 12.0. The summed E-state index contributed by atoms with van der Waals surface area (Å²) in [6.07, 6.45) is 8.87. The maximum Gasteiger partial charge on any atom is 0.0205 e. The van der Waals surface area contributed by atoms with Crippen molar-refractivity contribution in [2.24, 2.45) is 17.8 Å². The molecule has 102 valence electrons. The number of hydrogen-bond acceptors (Lipinski definition) is 1. The molecule has 3 unspecified atom stereocenters. The minimum atomic E-state index is 0.880. The summed E-state index contributed by atoms with van der Waals surface area (Å²) in [6, 6.07) is 9.24. The van der Waals surface area contributed by atoms with E-state index in [2.05, 4.69) is 29.6 Å². The van der Waals surface area contributed by atoms with Gasteiger partial charge in [-0.3, -0.25) is 0 Å². The van der Waals surface area contributed by atoms with Crippen molar-refractivity contribution in [2.45, 2.75) is 51.0 Å². The second-order valence-electron chi connectivity index (χ2n) is 7.09. The number of hydrogen-bond donors (Lipinski definition) is 1. The van der Waals surface area contributed by atoms with Crippen LogP contribution < -0.4 is 5.32 Å². The first-order valence-corrected chi connectivity index (χ1v) is 8.18. The van der Waals surface area contributed by atoms with Crippen molar-refractivity contribution in [1.29, 1.82) is 0 Å². The van der Waals surface area contributed by atoms with Crippen molar-refractivity contribution < 1.29 is 0 Å². The molecule has 0 aliphatic heterocycles. The Bertz CT molecular complexity index is 449. The normalized spacial score (nSPS) is 32.9. The van der Waals surface area contributed by atoms with Gasteiger partial charge in [0.15, 0.2) is 0 Å². The third-order valence-corrected chi connectivity index (χ3v) is 5.62. The third-order valence-electron chi connectivity index (χ3n) is 5.62. The Labute approximate surface area is 116 Å². The first-order chi connectivity index (χ1) is 9.38. The molecule has 3 aliphatic carbocycles. The van der Waals surface area contributed by atoms with E-state index in [0.29, 0.717) is 0 Å². The van der Waals surface area contributed by atoms with Gasteiger partial charge in [0.05, 0.1) is 0 Å². The van der Waals surface area contributed by atoms with E-state index in [4.69, 9.17) is 0 Å². The first-order valence-electron chi connectivity index (χ1n) is 8.18. The van der Waals surface area contributed by atoms with E-state index in [9.17, 15) is 0 Å². The molecule has 3 saturated carbocycles. The van der Waals surface area contributed by atoms with Gasteiger partial charge in [-0.05, 0) is 73.4 Å². The van der Waals surface area contributed by atoms with Gasteiger partial charge in [-0.1, -0.05) is 30.7 Å². The third kappa shape index (κ3) is 2.58. The van der Waals surface area contributed by atoms with Crippen molar-refractivity contribution in [2.75, 3.05) is 6.54 Å². The molecule has 1 nitrogen and oxygen atoms in total. The summed E-state index contributed by atoms with van der Waals surface area (Å²) < 4.78 is 0. The fraction of sp³-hybridized carbons (Fsp3) is 0.667. The maximum atomic E-state index is 3.72. The maximum absolute atomic E-state index is 3.72. The highest BCUT2D eigenvalue weighted by Gasteiger charge is 2.38. The van der Waals surface area contributed by atoms with E-state index in [1.54, 1.807) is 5.56 Å². The highest BCUT2D eigenvalue weighted by Crippen LogP contribution is 2.48. The number of nitrogens with one attached hydrogen (secondary N) is 1. The molecule has 0 radical (unpaired) electrons. The Hall–Kier alpha value is -0.820. The minimum absolute atomic E-state index is 0.880. The highest BCUT2D eigenvalue weighted by molar-refractivity contribution is 5.29. The zero-order chi connectivity index (χ0) is 12.7. The van der Waals surface area contributed by atoms with Crippen molar-refractivity contribution in [3.8, 4) is 0 Å². The zero-order valence-electron chi connectivity index (χ0n) is 11.8. The van der Waals surface area contributed by atoms with Gasteiger partial charge in [0.1, 0.15) is 0 Å². The lowest BCUT2D eigenvalue weighted by atomic mass is 9.89. The highest BCUT2D eigenvalue weighted by atomic mass is 14.9. The van der Waals surface area contributed by atoms with Gasteiger partial charge in [0.25, 0.3) is 0 Å². The molecule has 0 aromatic heterocycles. The molecule has 3 aliphatic rings. The Morgan fingerprint density at radius 3 is 2.74 bits per heavy atom. The van der Waals surface area contributed by atoms with E-state index >= 15 is 0 Å². The standard InChI is InChI=1S/C18H25N/c1-2-14(10-16(3-1)15-6-7-15)11-19-12-18-9-13-4-5-17(18)8-13/h1-3,10,13,15,17-19H,4-9,11-12H2. The van der Waals surface area contributed by atoms with Crippen LogP contribution in [0, 0.1) is 17.8 Å². The fourth-order valence-corrected chi connectivity index (χ4v) is 4.40. The molecule has 2 bridgehead atoms. The summed E-state index contributed by atoms with van der Waals surface area (Å²) in [5.74, 6) is 3.99. The summed E-state index contributed by atoms with van der Waals surface area (Å²) in [6.45, 7) is 2.31. The van der Waals surface area contributed by atoms with Crippen LogP contribution in [0.25, 0.3) is 0 Å². The van der Waals surface area contributed by atoms with Crippen molar-refractivity contribution in [3.63, 3.8) is 0 Å². The predicted molar refractivity (Wildman–Crippen MR) is 79.1 cm³/mol. The van der Waals surface area contributed by atoms with Crippen molar-refractivity contribution >= 4 is 0 Å². The smallest absolute Gasteiger partial charge is 0.0205 e. The fourth-order valence-electron chi connectivity index (χ4n) is 4.40. The van der Waals surface area contributed by atoms with Crippen LogP contribution >= 0.6 is 0 Å². The second-order valence-corrected chi connectivity index (χ2v) is 7.09. The summed E-state index contributed by atoms with van der Waals surface area (Å²) in [5, 5.41) is 3.72. The molecular weight excluding hydrogens is 230 g/mol. The molecule has 1 aromatic rings. The van der Waals surface area contributed by atoms with Gasteiger partial charge in [-0.25, -0.2) is 0 Å². The Balaban J connectivity index is 1.29. The summed E-state index contributed by atoms with van der Waals surface area (Å²) in [7, 11) is 0. The second kappa shape index (κ2) is 4.94. The lowest BCUT2D eigenvalue weighted by Gasteiger charge is -2.22. The molecule has 1 aromatic carbocycles. The average molecular weight is 255 g/mol. The van der Waals surface area contributed by atoms with Gasteiger partial charge in [0.2, 0.25) is 0 Å². The van der Waals surface area contributed by atoms with Crippen LogP contribution in [-0.2, 0) is 6.54 Å².